The van der Waals surface area contributed by atoms with Crippen LogP contribution in [0, 0.1) is 0 Å². The van der Waals surface area contributed by atoms with Gasteiger partial charge < -0.3 is 5.73 Å². The number of rotatable bonds is 2. The van der Waals surface area contributed by atoms with Gasteiger partial charge in [-0.05, 0) is 19.3 Å². The van der Waals surface area contributed by atoms with Crippen molar-refractivity contribution in [2.24, 2.45) is 5.73 Å². The Hall–Kier alpha value is -0.940. The Labute approximate surface area is 102 Å². The average Bonchev–Trinajstić information content (AvgIpc) is 2.28. The molecular weight excluding hydrogens is 218 g/mol. The van der Waals surface area contributed by atoms with Crippen molar-refractivity contribution in [3.8, 4) is 0 Å². The zero-order valence-electron chi connectivity index (χ0n) is 10.3. The lowest BCUT2D eigenvalue weighted by Gasteiger charge is -2.43. The summed E-state index contributed by atoms with van der Waals surface area (Å²) in [6.07, 6.45) is 5.01. The maximum absolute atomic E-state index is 11.8. The van der Waals surface area contributed by atoms with Gasteiger partial charge in [0.25, 0.3) is 0 Å². The first-order valence-electron chi connectivity index (χ1n) is 6.48. The Morgan fingerprint density at radius 2 is 2.06 bits per heavy atom. The lowest BCUT2D eigenvalue weighted by atomic mass is 9.88. The highest BCUT2D eigenvalue weighted by Gasteiger charge is 2.39. The lowest BCUT2D eigenvalue weighted by Crippen LogP contribution is -2.64. The van der Waals surface area contributed by atoms with Gasteiger partial charge in [-0.15, -0.1) is 0 Å². The Bertz CT molecular complexity index is 319. The van der Waals surface area contributed by atoms with Crippen LogP contribution in [-0.2, 0) is 9.59 Å². The van der Waals surface area contributed by atoms with Gasteiger partial charge in [-0.1, -0.05) is 19.8 Å². The van der Waals surface area contributed by atoms with Crippen LogP contribution < -0.4 is 11.1 Å². The van der Waals surface area contributed by atoms with E-state index in [9.17, 15) is 9.59 Å². The van der Waals surface area contributed by atoms with Crippen molar-refractivity contribution in [1.82, 2.24) is 10.2 Å². The van der Waals surface area contributed by atoms with Crippen LogP contribution in [0.1, 0.15) is 39.0 Å². The Kier molecular flexibility index (Phi) is 3.79. The van der Waals surface area contributed by atoms with Crippen molar-refractivity contribution < 1.29 is 9.59 Å². The summed E-state index contributed by atoms with van der Waals surface area (Å²) in [4.78, 5) is 25.3. The number of imide groups is 1. The number of carbonyl (C=O) groups excluding carboxylic acids is 2. The first-order chi connectivity index (χ1) is 8.13. The van der Waals surface area contributed by atoms with Crippen LogP contribution in [-0.4, -0.2) is 41.4 Å². The molecule has 1 aliphatic carbocycles. The normalized spacial score (nSPS) is 35.8. The molecule has 17 heavy (non-hydrogen) atoms. The SMILES string of the molecule is CCC1C(=O)NC(=O)CN1C1CCCCC1N. The molecule has 1 saturated carbocycles. The fraction of sp³-hybridized carbons (Fsp3) is 0.833. The fourth-order valence-electron chi connectivity index (χ4n) is 3.01. The van der Waals surface area contributed by atoms with E-state index >= 15 is 0 Å². The zero-order valence-corrected chi connectivity index (χ0v) is 10.3. The topological polar surface area (TPSA) is 75.4 Å². The lowest BCUT2D eigenvalue weighted by molar-refractivity contribution is -0.142. The molecule has 1 heterocycles. The molecule has 3 unspecified atom stereocenters. The van der Waals surface area contributed by atoms with E-state index < -0.39 is 0 Å². The van der Waals surface area contributed by atoms with Crippen molar-refractivity contribution in [1.29, 1.82) is 0 Å². The van der Waals surface area contributed by atoms with Gasteiger partial charge in [-0.25, -0.2) is 0 Å². The molecular formula is C12H21N3O2. The summed E-state index contributed by atoms with van der Waals surface area (Å²) in [5.41, 5.74) is 6.13. The van der Waals surface area contributed by atoms with Crippen molar-refractivity contribution in [2.45, 2.75) is 57.2 Å². The van der Waals surface area contributed by atoms with Gasteiger partial charge in [-0.2, -0.15) is 0 Å². The number of nitrogens with zero attached hydrogens (tertiary/aromatic N) is 1. The third kappa shape index (κ3) is 2.50. The molecule has 3 N–H and O–H groups in total. The summed E-state index contributed by atoms with van der Waals surface area (Å²) in [7, 11) is 0. The van der Waals surface area contributed by atoms with Crippen LogP contribution in [0.15, 0.2) is 0 Å². The second-order valence-electron chi connectivity index (χ2n) is 5.02. The number of piperazine rings is 1. The van der Waals surface area contributed by atoms with Gasteiger partial charge in [-0.3, -0.25) is 19.8 Å². The molecule has 5 nitrogen and oxygen atoms in total. The maximum atomic E-state index is 11.8. The number of nitrogens with two attached hydrogens (primary N) is 1. The Morgan fingerprint density at radius 3 is 2.71 bits per heavy atom. The molecule has 3 atom stereocenters. The third-order valence-electron chi connectivity index (χ3n) is 3.89. The molecule has 5 heteroatoms. The number of nitrogens with one attached hydrogen (secondary N) is 1. The van der Waals surface area contributed by atoms with Crippen LogP contribution in [0.25, 0.3) is 0 Å². The Morgan fingerprint density at radius 1 is 1.35 bits per heavy atom. The van der Waals surface area contributed by atoms with E-state index in [-0.39, 0.29) is 29.9 Å². The Balaban J connectivity index is 2.14. The molecule has 0 spiro atoms. The van der Waals surface area contributed by atoms with E-state index in [1.54, 1.807) is 0 Å². The van der Waals surface area contributed by atoms with Crippen LogP contribution in [0.2, 0.25) is 0 Å². The van der Waals surface area contributed by atoms with Crippen LogP contribution in [0.3, 0.4) is 0 Å². The van der Waals surface area contributed by atoms with E-state index in [0.29, 0.717) is 6.54 Å². The number of hydrogen-bond acceptors (Lipinski definition) is 4. The maximum Gasteiger partial charge on any atom is 0.243 e. The second kappa shape index (κ2) is 5.14. The van der Waals surface area contributed by atoms with E-state index in [0.717, 1.165) is 32.1 Å². The van der Waals surface area contributed by atoms with Crippen LogP contribution >= 0.6 is 0 Å². The number of amides is 2. The molecule has 2 aliphatic rings. The summed E-state index contributed by atoms with van der Waals surface area (Å²) in [5, 5.41) is 2.40. The predicted octanol–water partition coefficient (Wildman–Crippen LogP) is -0.00670. The molecule has 0 aromatic rings. The predicted molar refractivity (Wildman–Crippen MR) is 64.2 cm³/mol. The minimum Gasteiger partial charge on any atom is -0.326 e. The molecule has 0 aromatic carbocycles. The van der Waals surface area contributed by atoms with Gasteiger partial charge in [0.2, 0.25) is 11.8 Å². The molecule has 1 aliphatic heterocycles. The molecule has 0 aromatic heterocycles. The summed E-state index contributed by atoms with van der Waals surface area (Å²) in [6.45, 7) is 2.28. The molecule has 0 radical (unpaired) electrons. The van der Waals surface area contributed by atoms with Crippen LogP contribution in [0.4, 0.5) is 0 Å². The van der Waals surface area contributed by atoms with Crippen molar-refractivity contribution in [3.63, 3.8) is 0 Å². The second-order valence-corrected chi connectivity index (χ2v) is 5.02. The van der Waals surface area contributed by atoms with E-state index in [2.05, 4.69) is 5.32 Å². The van der Waals surface area contributed by atoms with Crippen molar-refractivity contribution >= 4 is 11.8 Å². The van der Waals surface area contributed by atoms with E-state index in [4.69, 9.17) is 5.73 Å². The summed E-state index contributed by atoms with van der Waals surface area (Å²) < 4.78 is 0. The minimum absolute atomic E-state index is 0.0940. The largest absolute Gasteiger partial charge is 0.326 e. The van der Waals surface area contributed by atoms with Gasteiger partial charge >= 0.3 is 0 Å². The van der Waals surface area contributed by atoms with Crippen molar-refractivity contribution in [2.75, 3.05) is 6.54 Å². The van der Waals surface area contributed by atoms with E-state index in [1.165, 1.54) is 0 Å². The molecule has 96 valence electrons. The monoisotopic (exact) mass is 239 g/mol. The van der Waals surface area contributed by atoms with Gasteiger partial charge in [0, 0.05) is 12.1 Å². The van der Waals surface area contributed by atoms with Gasteiger partial charge in [0.1, 0.15) is 0 Å². The summed E-state index contributed by atoms with van der Waals surface area (Å²) in [5.74, 6) is -0.362. The van der Waals surface area contributed by atoms with Crippen molar-refractivity contribution in [3.05, 3.63) is 0 Å². The first kappa shape index (κ1) is 12.5. The standard InChI is InChI=1S/C12H21N3O2/c1-2-9-12(17)14-11(16)7-15(9)10-6-4-3-5-8(10)13/h8-10H,2-7,13H2,1H3,(H,14,16,17). The third-order valence-corrected chi connectivity index (χ3v) is 3.89. The van der Waals surface area contributed by atoms with Gasteiger partial charge in [0.05, 0.1) is 12.6 Å². The molecule has 0 bridgehead atoms. The summed E-state index contributed by atoms with van der Waals surface area (Å²) >= 11 is 0. The molecule has 2 rings (SSSR count). The highest BCUT2D eigenvalue weighted by molar-refractivity contribution is 6.01. The minimum atomic E-state index is -0.197. The highest BCUT2D eigenvalue weighted by atomic mass is 16.2. The quantitative estimate of drug-likeness (QED) is 0.665. The number of carbonyl (C=O) groups is 2. The van der Waals surface area contributed by atoms with Gasteiger partial charge in [0.15, 0.2) is 0 Å². The summed E-state index contributed by atoms with van der Waals surface area (Å²) in [6, 6.07) is 0.0852. The first-order valence-corrected chi connectivity index (χ1v) is 6.48. The molecule has 2 fully saturated rings. The average molecular weight is 239 g/mol. The molecule has 1 saturated heterocycles. The molecule has 2 amide bonds. The van der Waals surface area contributed by atoms with Crippen LogP contribution in [0.5, 0.6) is 0 Å². The highest BCUT2D eigenvalue weighted by Crippen LogP contribution is 2.25. The number of hydrogen-bond donors (Lipinski definition) is 2. The zero-order chi connectivity index (χ0) is 12.4. The smallest absolute Gasteiger partial charge is 0.243 e. The fourth-order valence-corrected chi connectivity index (χ4v) is 3.01. The van der Waals surface area contributed by atoms with E-state index in [1.807, 2.05) is 11.8 Å².